The van der Waals surface area contributed by atoms with Gasteiger partial charge in [0.2, 0.25) is 0 Å². The topological polar surface area (TPSA) is 58.4 Å². The summed E-state index contributed by atoms with van der Waals surface area (Å²) >= 11 is 11.4. The van der Waals surface area contributed by atoms with E-state index in [1.165, 1.54) is 24.6 Å². The van der Waals surface area contributed by atoms with Crippen molar-refractivity contribution in [3.63, 3.8) is 0 Å². The van der Waals surface area contributed by atoms with E-state index in [1.54, 1.807) is 0 Å². The number of nitro groups is 1. The number of likely N-dealkylation sites (tertiary alicyclic amines) is 1. The molecule has 0 radical (unpaired) electrons. The van der Waals surface area contributed by atoms with Gasteiger partial charge >= 0.3 is 0 Å². The van der Waals surface area contributed by atoms with Gasteiger partial charge in [-0.15, -0.1) is 0 Å². The number of thiocarbonyl (C=S) groups is 1. The zero-order chi connectivity index (χ0) is 14.7. The molecule has 1 aromatic rings. The molecular weight excluding hydrogens is 298 g/mol. The van der Waals surface area contributed by atoms with Crippen LogP contribution in [0.5, 0.6) is 0 Å². The van der Waals surface area contributed by atoms with Gasteiger partial charge in [0.25, 0.3) is 5.69 Å². The second-order valence-corrected chi connectivity index (χ2v) is 5.68. The summed E-state index contributed by atoms with van der Waals surface area (Å²) in [5.41, 5.74) is 0.468. The number of anilines is 1. The van der Waals surface area contributed by atoms with Crippen molar-refractivity contribution in [1.82, 2.24) is 4.90 Å². The smallest absolute Gasteiger partial charge is 0.271 e. The van der Waals surface area contributed by atoms with Crippen LogP contribution >= 0.6 is 23.8 Å². The third-order valence-corrected chi connectivity index (χ3v) is 4.13. The quantitative estimate of drug-likeness (QED) is 0.511. The predicted octanol–water partition coefficient (Wildman–Crippen LogP) is 3.82. The van der Waals surface area contributed by atoms with Crippen LogP contribution in [0.2, 0.25) is 5.02 Å². The van der Waals surface area contributed by atoms with E-state index in [-0.39, 0.29) is 5.69 Å². The van der Waals surface area contributed by atoms with Crippen molar-refractivity contribution < 1.29 is 4.92 Å². The maximum atomic E-state index is 10.8. The third kappa shape index (κ3) is 3.37. The highest BCUT2D eigenvalue weighted by molar-refractivity contribution is 7.80. The van der Waals surface area contributed by atoms with Crippen molar-refractivity contribution in [2.24, 2.45) is 0 Å². The van der Waals surface area contributed by atoms with Gasteiger partial charge in [0, 0.05) is 24.7 Å². The van der Waals surface area contributed by atoms with Crippen LogP contribution in [0, 0.1) is 10.1 Å². The lowest BCUT2D eigenvalue weighted by Gasteiger charge is -2.35. The molecule has 5 nitrogen and oxygen atoms in total. The van der Waals surface area contributed by atoms with Crippen molar-refractivity contribution in [3.8, 4) is 0 Å². The molecular formula is C13H16ClN3O2S. The number of halogens is 1. The van der Waals surface area contributed by atoms with Gasteiger partial charge in [-0.2, -0.15) is 0 Å². The summed E-state index contributed by atoms with van der Waals surface area (Å²) in [5, 5.41) is 14.8. The van der Waals surface area contributed by atoms with Gasteiger partial charge < -0.3 is 10.2 Å². The Morgan fingerprint density at radius 3 is 2.95 bits per heavy atom. The zero-order valence-electron chi connectivity index (χ0n) is 11.1. The Balaban J connectivity index is 2.14. The molecule has 1 aliphatic rings. The molecule has 7 heteroatoms. The third-order valence-electron chi connectivity index (χ3n) is 3.47. The van der Waals surface area contributed by atoms with Gasteiger partial charge in [0.15, 0.2) is 5.11 Å². The molecule has 0 saturated carbocycles. The first-order valence-electron chi connectivity index (χ1n) is 6.50. The Kier molecular flexibility index (Phi) is 4.77. The van der Waals surface area contributed by atoms with Crippen molar-refractivity contribution in [3.05, 3.63) is 33.3 Å². The minimum atomic E-state index is -0.450. The molecule has 0 spiro atoms. The molecule has 20 heavy (non-hydrogen) atoms. The molecule has 1 aromatic carbocycles. The van der Waals surface area contributed by atoms with Gasteiger partial charge in [0.1, 0.15) is 0 Å². The number of nitrogens with one attached hydrogen (secondary N) is 1. The number of piperidine rings is 1. The summed E-state index contributed by atoms with van der Waals surface area (Å²) in [5.74, 6) is 0. The lowest BCUT2D eigenvalue weighted by Crippen LogP contribution is -2.44. The molecule has 0 amide bonds. The van der Waals surface area contributed by atoms with E-state index in [0.717, 1.165) is 19.4 Å². The van der Waals surface area contributed by atoms with Crippen LogP contribution in [-0.2, 0) is 0 Å². The van der Waals surface area contributed by atoms with E-state index >= 15 is 0 Å². The van der Waals surface area contributed by atoms with E-state index in [0.29, 0.717) is 21.9 Å². The molecule has 2 rings (SSSR count). The first-order chi connectivity index (χ1) is 9.49. The monoisotopic (exact) mass is 313 g/mol. The van der Waals surface area contributed by atoms with Gasteiger partial charge in [-0.3, -0.25) is 10.1 Å². The molecule has 1 heterocycles. The standard InChI is InChI=1S/C13H16ClN3O2S/c1-9-4-2-3-7-16(9)13(20)15-12-8-10(17(18)19)5-6-11(12)14/h5-6,8-9H,2-4,7H2,1H3,(H,15,20)/t9-/m0/s1. The highest BCUT2D eigenvalue weighted by Crippen LogP contribution is 2.27. The molecule has 0 bridgehead atoms. The minimum absolute atomic E-state index is 0.00797. The normalized spacial score (nSPS) is 18.7. The Morgan fingerprint density at radius 2 is 2.30 bits per heavy atom. The Labute approximate surface area is 128 Å². The van der Waals surface area contributed by atoms with Crippen molar-refractivity contribution >= 4 is 40.3 Å². The summed E-state index contributed by atoms with van der Waals surface area (Å²) in [7, 11) is 0. The van der Waals surface area contributed by atoms with Gasteiger partial charge in [-0.25, -0.2) is 0 Å². The van der Waals surface area contributed by atoms with E-state index in [4.69, 9.17) is 23.8 Å². The van der Waals surface area contributed by atoms with E-state index in [2.05, 4.69) is 17.1 Å². The summed E-state index contributed by atoms with van der Waals surface area (Å²) in [4.78, 5) is 12.5. The van der Waals surface area contributed by atoms with Crippen LogP contribution in [0.15, 0.2) is 18.2 Å². The summed E-state index contributed by atoms with van der Waals surface area (Å²) in [6, 6.07) is 4.66. The fourth-order valence-corrected chi connectivity index (χ4v) is 2.86. The summed E-state index contributed by atoms with van der Waals surface area (Å²) < 4.78 is 0. The highest BCUT2D eigenvalue weighted by Gasteiger charge is 2.21. The SMILES string of the molecule is C[C@H]1CCCCN1C(=S)Nc1cc([N+](=O)[O-])ccc1Cl. The first-order valence-corrected chi connectivity index (χ1v) is 7.29. The Morgan fingerprint density at radius 1 is 1.55 bits per heavy atom. The molecule has 108 valence electrons. The Hall–Kier alpha value is -1.40. The lowest BCUT2D eigenvalue weighted by molar-refractivity contribution is -0.384. The van der Waals surface area contributed by atoms with Crippen LogP contribution < -0.4 is 5.32 Å². The van der Waals surface area contributed by atoms with Crippen LogP contribution in [0.1, 0.15) is 26.2 Å². The number of rotatable bonds is 2. The van der Waals surface area contributed by atoms with E-state index in [1.807, 2.05) is 0 Å². The molecule has 0 aromatic heterocycles. The number of non-ortho nitro benzene ring substituents is 1. The van der Waals surface area contributed by atoms with Crippen LogP contribution in [0.25, 0.3) is 0 Å². The number of benzene rings is 1. The number of nitrogens with zero attached hydrogens (tertiary/aromatic N) is 2. The molecule has 0 aliphatic carbocycles. The second-order valence-electron chi connectivity index (χ2n) is 4.89. The molecule has 1 saturated heterocycles. The van der Waals surface area contributed by atoms with Gasteiger partial charge in [-0.1, -0.05) is 11.6 Å². The first kappa shape index (κ1) is 15.0. The summed E-state index contributed by atoms with van der Waals surface area (Å²) in [6.07, 6.45) is 3.41. The maximum Gasteiger partial charge on any atom is 0.271 e. The fraction of sp³-hybridized carbons (Fsp3) is 0.462. The molecule has 1 fully saturated rings. The largest absolute Gasteiger partial charge is 0.346 e. The van der Waals surface area contributed by atoms with E-state index < -0.39 is 4.92 Å². The van der Waals surface area contributed by atoms with Gasteiger partial charge in [0.05, 0.1) is 15.6 Å². The maximum absolute atomic E-state index is 10.8. The van der Waals surface area contributed by atoms with E-state index in [9.17, 15) is 10.1 Å². The summed E-state index contributed by atoms with van der Waals surface area (Å²) in [6.45, 7) is 3.03. The zero-order valence-corrected chi connectivity index (χ0v) is 12.7. The second kappa shape index (κ2) is 6.37. The lowest BCUT2D eigenvalue weighted by atomic mass is 10.0. The molecule has 1 N–H and O–H groups in total. The average molecular weight is 314 g/mol. The molecule has 1 atom stereocenters. The van der Waals surface area contributed by atoms with Crippen LogP contribution in [-0.4, -0.2) is 27.5 Å². The predicted molar refractivity (Wildman–Crippen MR) is 84.3 cm³/mol. The molecule has 1 aliphatic heterocycles. The van der Waals surface area contributed by atoms with Crippen molar-refractivity contribution in [2.75, 3.05) is 11.9 Å². The van der Waals surface area contributed by atoms with Crippen molar-refractivity contribution in [2.45, 2.75) is 32.2 Å². The highest BCUT2D eigenvalue weighted by atomic mass is 35.5. The van der Waals surface area contributed by atoms with Gasteiger partial charge in [-0.05, 0) is 44.5 Å². The van der Waals surface area contributed by atoms with Crippen LogP contribution in [0.3, 0.4) is 0 Å². The van der Waals surface area contributed by atoms with Crippen molar-refractivity contribution in [1.29, 1.82) is 0 Å². The number of nitro benzene ring substituents is 1. The van der Waals surface area contributed by atoms with Crippen LogP contribution in [0.4, 0.5) is 11.4 Å². The Bertz CT molecular complexity index is 538. The fourth-order valence-electron chi connectivity index (χ4n) is 2.31. The molecule has 0 unspecified atom stereocenters. The minimum Gasteiger partial charge on any atom is -0.346 e. The average Bonchev–Trinajstić information content (AvgIpc) is 2.41. The number of hydrogen-bond acceptors (Lipinski definition) is 3. The number of hydrogen-bond donors (Lipinski definition) is 1.